The minimum atomic E-state index is -0.325. The number of nitrogens with zero attached hydrogens (tertiary/aromatic N) is 2. The number of benzene rings is 1. The van der Waals surface area contributed by atoms with Gasteiger partial charge in [-0.05, 0) is 18.6 Å². The van der Waals surface area contributed by atoms with Gasteiger partial charge in [0.05, 0.1) is 13.2 Å². The van der Waals surface area contributed by atoms with Gasteiger partial charge in [0.25, 0.3) is 0 Å². The zero-order chi connectivity index (χ0) is 14.1. The molecule has 4 rings (SSSR count). The van der Waals surface area contributed by atoms with Crippen molar-refractivity contribution in [3.8, 4) is 5.75 Å². The molecule has 2 atom stereocenters. The topological polar surface area (TPSA) is 35.9 Å². The van der Waals surface area contributed by atoms with Crippen LogP contribution in [0.2, 0.25) is 0 Å². The lowest BCUT2D eigenvalue weighted by molar-refractivity contribution is -0.0454. The van der Waals surface area contributed by atoms with E-state index in [1.807, 2.05) is 12.1 Å². The molecule has 1 N–H and O–H groups in total. The number of hydrogen-bond donors (Lipinski definition) is 1. The summed E-state index contributed by atoms with van der Waals surface area (Å²) in [5.41, 5.74) is 2.32. The third-order valence-corrected chi connectivity index (χ3v) is 4.63. The van der Waals surface area contributed by atoms with Gasteiger partial charge in [-0.25, -0.2) is 0 Å². The monoisotopic (exact) mass is 276 g/mol. The van der Waals surface area contributed by atoms with Gasteiger partial charge in [0, 0.05) is 45.2 Å². The summed E-state index contributed by atoms with van der Waals surface area (Å²) >= 11 is 0. The molecule has 3 fully saturated rings. The van der Waals surface area contributed by atoms with Crippen molar-refractivity contribution >= 4 is 0 Å². The van der Waals surface area contributed by atoms with Gasteiger partial charge in [0.2, 0.25) is 0 Å². The molecule has 3 saturated heterocycles. The Labute approximate surface area is 120 Å². The molecule has 1 aromatic rings. The highest BCUT2D eigenvalue weighted by atomic mass is 16.5. The lowest BCUT2D eigenvalue weighted by Gasteiger charge is -2.49. The second-order valence-electron chi connectivity index (χ2n) is 5.99. The van der Waals surface area contributed by atoms with Crippen molar-refractivity contribution in [1.82, 2.24) is 9.80 Å². The number of aryl methyl sites for hydroxylation is 1. The lowest BCUT2D eigenvalue weighted by atomic mass is 9.95. The highest BCUT2D eigenvalue weighted by Gasteiger charge is 2.36. The van der Waals surface area contributed by atoms with Crippen molar-refractivity contribution < 1.29 is 9.84 Å². The van der Waals surface area contributed by atoms with E-state index >= 15 is 0 Å². The molecule has 0 aromatic heterocycles. The maximum atomic E-state index is 10.6. The predicted octanol–water partition coefficient (Wildman–Crippen LogP) is 0.907. The van der Waals surface area contributed by atoms with Crippen LogP contribution in [0.3, 0.4) is 0 Å². The molecular formula is C16H24N2O2. The van der Waals surface area contributed by atoms with Crippen molar-refractivity contribution in [2.24, 2.45) is 0 Å². The Morgan fingerprint density at radius 3 is 2.65 bits per heavy atom. The third-order valence-electron chi connectivity index (χ3n) is 4.63. The van der Waals surface area contributed by atoms with E-state index in [1.54, 1.807) is 7.11 Å². The first kappa shape index (κ1) is 13.9. The first-order valence-corrected chi connectivity index (χ1v) is 7.45. The summed E-state index contributed by atoms with van der Waals surface area (Å²) in [6.45, 7) is 7.55. The van der Waals surface area contributed by atoms with Gasteiger partial charge in [-0.1, -0.05) is 17.7 Å². The van der Waals surface area contributed by atoms with E-state index in [1.165, 1.54) is 5.56 Å². The SMILES string of the molecule is COc1ccc(C)cc1CC(O)C1CN2CCN1CC2. The standard InChI is InChI=1S/C16H24N2O2/c1-12-3-4-16(20-2)13(9-12)10-15(19)14-11-17-5-7-18(14)8-6-17/h3-4,9,14-15,19H,5-8,10-11H2,1-2H3. The molecule has 3 aliphatic heterocycles. The minimum Gasteiger partial charge on any atom is -0.496 e. The van der Waals surface area contributed by atoms with E-state index in [9.17, 15) is 5.11 Å². The summed E-state index contributed by atoms with van der Waals surface area (Å²) in [5, 5.41) is 10.6. The second-order valence-corrected chi connectivity index (χ2v) is 5.99. The van der Waals surface area contributed by atoms with Crippen molar-refractivity contribution in [2.75, 3.05) is 39.8 Å². The molecule has 1 aromatic carbocycles. The maximum absolute atomic E-state index is 10.6. The summed E-state index contributed by atoms with van der Waals surface area (Å²) in [5.74, 6) is 0.880. The summed E-state index contributed by atoms with van der Waals surface area (Å²) in [7, 11) is 1.69. The maximum Gasteiger partial charge on any atom is 0.122 e. The van der Waals surface area contributed by atoms with Gasteiger partial charge in [0.15, 0.2) is 0 Å². The summed E-state index contributed by atoms with van der Waals surface area (Å²) in [6.07, 6.45) is 0.341. The Balaban J connectivity index is 1.72. The molecule has 0 spiro atoms. The number of aliphatic hydroxyl groups excluding tert-OH is 1. The molecule has 0 saturated carbocycles. The molecular weight excluding hydrogens is 252 g/mol. The normalized spacial score (nSPS) is 30.2. The number of fused-ring (bicyclic) bond motifs is 3. The Bertz CT molecular complexity index is 470. The van der Waals surface area contributed by atoms with Crippen molar-refractivity contribution in [3.05, 3.63) is 29.3 Å². The molecule has 0 aliphatic carbocycles. The van der Waals surface area contributed by atoms with E-state index in [4.69, 9.17) is 4.74 Å². The van der Waals surface area contributed by atoms with Crippen LogP contribution in [0.4, 0.5) is 0 Å². The van der Waals surface area contributed by atoms with E-state index in [2.05, 4.69) is 22.8 Å². The number of methoxy groups -OCH3 is 1. The number of aliphatic hydroxyl groups is 1. The zero-order valence-electron chi connectivity index (χ0n) is 12.4. The molecule has 2 bridgehead atoms. The zero-order valence-corrected chi connectivity index (χ0v) is 12.4. The second kappa shape index (κ2) is 5.72. The first-order valence-electron chi connectivity index (χ1n) is 7.45. The van der Waals surface area contributed by atoms with Gasteiger partial charge in [0.1, 0.15) is 5.75 Å². The van der Waals surface area contributed by atoms with E-state index in [0.717, 1.165) is 44.0 Å². The molecule has 4 nitrogen and oxygen atoms in total. The lowest BCUT2D eigenvalue weighted by Crippen LogP contribution is -2.64. The molecule has 3 aliphatic rings. The molecule has 2 unspecified atom stereocenters. The average molecular weight is 276 g/mol. The summed E-state index contributed by atoms with van der Waals surface area (Å²) in [4.78, 5) is 4.90. The first-order chi connectivity index (χ1) is 9.67. The minimum absolute atomic E-state index is 0.266. The van der Waals surface area contributed by atoms with Gasteiger partial charge in [-0.2, -0.15) is 0 Å². The fraction of sp³-hybridized carbons (Fsp3) is 0.625. The number of hydrogen-bond acceptors (Lipinski definition) is 4. The van der Waals surface area contributed by atoms with Crippen molar-refractivity contribution in [3.63, 3.8) is 0 Å². The van der Waals surface area contributed by atoms with Crippen LogP contribution in [0, 0.1) is 6.92 Å². The fourth-order valence-corrected chi connectivity index (χ4v) is 3.45. The highest BCUT2D eigenvalue weighted by molar-refractivity contribution is 5.37. The largest absolute Gasteiger partial charge is 0.496 e. The molecule has 0 amide bonds. The number of ether oxygens (including phenoxy) is 1. The third kappa shape index (κ3) is 2.68. The van der Waals surface area contributed by atoms with Gasteiger partial charge in [-0.15, -0.1) is 0 Å². The van der Waals surface area contributed by atoms with E-state index in [0.29, 0.717) is 6.42 Å². The Morgan fingerprint density at radius 1 is 1.30 bits per heavy atom. The van der Waals surface area contributed by atoms with Crippen LogP contribution in [-0.4, -0.2) is 66.9 Å². The van der Waals surface area contributed by atoms with E-state index in [-0.39, 0.29) is 12.1 Å². The van der Waals surface area contributed by atoms with Crippen LogP contribution < -0.4 is 4.74 Å². The molecule has 20 heavy (non-hydrogen) atoms. The highest BCUT2D eigenvalue weighted by Crippen LogP contribution is 2.25. The van der Waals surface area contributed by atoms with Gasteiger partial charge >= 0.3 is 0 Å². The predicted molar refractivity (Wildman–Crippen MR) is 79.2 cm³/mol. The molecule has 3 heterocycles. The van der Waals surface area contributed by atoms with Gasteiger partial charge < -0.3 is 9.84 Å². The van der Waals surface area contributed by atoms with Crippen LogP contribution in [0.25, 0.3) is 0 Å². The molecule has 110 valence electrons. The fourth-order valence-electron chi connectivity index (χ4n) is 3.45. The summed E-state index contributed by atoms with van der Waals surface area (Å²) < 4.78 is 5.42. The van der Waals surface area contributed by atoms with Gasteiger partial charge in [-0.3, -0.25) is 9.80 Å². The Morgan fingerprint density at radius 2 is 2.05 bits per heavy atom. The molecule has 4 heteroatoms. The average Bonchev–Trinajstić information content (AvgIpc) is 2.48. The van der Waals surface area contributed by atoms with Crippen LogP contribution in [0.5, 0.6) is 5.75 Å². The Hall–Kier alpha value is -1.10. The van der Waals surface area contributed by atoms with Crippen LogP contribution in [0.15, 0.2) is 18.2 Å². The van der Waals surface area contributed by atoms with Crippen LogP contribution >= 0.6 is 0 Å². The van der Waals surface area contributed by atoms with Crippen LogP contribution in [0.1, 0.15) is 11.1 Å². The molecule has 0 radical (unpaired) electrons. The quantitative estimate of drug-likeness (QED) is 0.886. The van der Waals surface area contributed by atoms with Crippen molar-refractivity contribution in [2.45, 2.75) is 25.5 Å². The van der Waals surface area contributed by atoms with Crippen LogP contribution in [-0.2, 0) is 6.42 Å². The number of piperazine rings is 3. The smallest absolute Gasteiger partial charge is 0.122 e. The van der Waals surface area contributed by atoms with E-state index < -0.39 is 0 Å². The summed E-state index contributed by atoms with van der Waals surface area (Å²) in [6, 6.07) is 6.43. The Kier molecular flexibility index (Phi) is 3.96. The van der Waals surface area contributed by atoms with Crippen molar-refractivity contribution in [1.29, 1.82) is 0 Å². The number of rotatable bonds is 4.